The Morgan fingerprint density at radius 2 is 2.13 bits per heavy atom. The molecular formula is C17H12BrClN2O2. The number of hydrogen-bond donors (Lipinski definition) is 1. The summed E-state index contributed by atoms with van der Waals surface area (Å²) in [6.45, 7) is 0.375. The van der Waals surface area contributed by atoms with Crippen LogP contribution in [0.1, 0.15) is 15.9 Å². The Hall–Kier alpha value is -2.11. The minimum Gasteiger partial charge on any atom is -0.472 e. The third-order valence-corrected chi connectivity index (χ3v) is 4.09. The van der Waals surface area contributed by atoms with E-state index in [0.29, 0.717) is 17.1 Å². The van der Waals surface area contributed by atoms with Crippen LogP contribution >= 0.6 is 27.5 Å². The molecule has 1 N–H and O–H groups in total. The average molecular weight is 392 g/mol. The van der Waals surface area contributed by atoms with E-state index >= 15 is 0 Å². The molecule has 0 aliphatic carbocycles. The van der Waals surface area contributed by atoms with Crippen molar-refractivity contribution >= 4 is 33.4 Å². The molecular weight excluding hydrogens is 380 g/mol. The van der Waals surface area contributed by atoms with Crippen molar-refractivity contribution in [2.75, 3.05) is 0 Å². The molecule has 4 nitrogen and oxygen atoms in total. The second-order valence-electron chi connectivity index (χ2n) is 4.87. The maximum Gasteiger partial charge on any atom is 0.253 e. The van der Waals surface area contributed by atoms with Gasteiger partial charge < -0.3 is 9.73 Å². The van der Waals surface area contributed by atoms with Gasteiger partial charge in [-0.05, 0) is 35.9 Å². The van der Waals surface area contributed by atoms with Crippen LogP contribution in [-0.2, 0) is 6.54 Å². The van der Waals surface area contributed by atoms with Crippen molar-refractivity contribution in [3.8, 4) is 11.3 Å². The van der Waals surface area contributed by atoms with E-state index in [4.69, 9.17) is 16.0 Å². The van der Waals surface area contributed by atoms with E-state index in [9.17, 15) is 4.79 Å². The number of benzene rings is 1. The number of hydrogen-bond acceptors (Lipinski definition) is 3. The summed E-state index contributed by atoms with van der Waals surface area (Å²) < 4.78 is 5.84. The van der Waals surface area contributed by atoms with Crippen molar-refractivity contribution < 1.29 is 9.21 Å². The third-order valence-electron chi connectivity index (χ3n) is 3.27. The third kappa shape index (κ3) is 3.81. The number of carbonyl (C=O) groups is 1. The zero-order valence-corrected chi connectivity index (χ0v) is 14.3. The van der Waals surface area contributed by atoms with Crippen molar-refractivity contribution in [3.05, 3.63) is 75.7 Å². The molecule has 0 spiro atoms. The molecule has 0 aliphatic rings. The predicted molar refractivity (Wildman–Crippen MR) is 92.3 cm³/mol. The van der Waals surface area contributed by atoms with Gasteiger partial charge in [-0.3, -0.25) is 9.78 Å². The lowest BCUT2D eigenvalue weighted by Crippen LogP contribution is -2.23. The molecule has 0 bridgehead atoms. The summed E-state index contributed by atoms with van der Waals surface area (Å²) in [7, 11) is 0. The maximum absolute atomic E-state index is 12.2. The molecule has 116 valence electrons. The van der Waals surface area contributed by atoms with E-state index in [0.717, 1.165) is 21.3 Å². The molecule has 0 saturated carbocycles. The summed E-state index contributed by atoms with van der Waals surface area (Å²) in [4.78, 5) is 16.6. The summed E-state index contributed by atoms with van der Waals surface area (Å²) in [6.07, 6.45) is 4.97. The Balaban J connectivity index is 1.66. The maximum atomic E-state index is 12.2. The van der Waals surface area contributed by atoms with Crippen molar-refractivity contribution in [2.24, 2.45) is 0 Å². The molecule has 0 unspecified atom stereocenters. The molecule has 0 aliphatic heterocycles. The van der Waals surface area contributed by atoms with Crippen LogP contribution in [0.5, 0.6) is 0 Å². The zero-order valence-electron chi connectivity index (χ0n) is 11.9. The molecule has 3 aromatic rings. The Morgan fingerprint density at radius 3 is 2.83 bits per heavy atom. The molecule has 0 radical (unpaired) electrons. The van der Waals surface area contributed by atoms with Crippen LogP contribution < -0.4 is 5.32 Å². The van der Waals surface area contributed by atoms with Gasteiger partial charge in [0.05, 0.1) is 28.8 Å². The van der Waals surface area contributed by atoms with Crippen LogP contribution in [0.3, 0.4) is 0 Å². The normalized spacial score (nSPS) is 10.5. The van der Waals surface area contributed by atoms with E-state index in [1.54, 1.807) is 36.9 Å². The monoisotopic (exact) mass is 390 g/mol. The zero-order chi connectivity index (χ0) is 16.2. The Kier molecular flexibility index (Phi) is 4.79. The van der Waals surface area contributed by atoms with Crippen molar-refractivity contribution in [1.82, 2.24) is 10.3 Å². The van der Waals surface area contributed by atoms with Gasteiger partial charge in [0.1, 0.15) is 0 Å². The van der Waals surface area contributed by atoms with Gasteiger partial charge in [-0.15, -0.1) is 0 Å². The molecule has 6 heteroatoms. The van der Waals surface area contributed by atoms with E-state index in [1.807, 2.05) is 18.2 Å². The standard InChI is InChI=1S/C17H12BrClN2O2/c18-13-2-3-15(19)14(7-13)17(22)21-9-11-1-4-16(20-8-11)12-5-6-23-10-12/h1-8,10H,9H2,(H,21,22). The summed E-state index contributed by atoms with van der Waals surface area (Å²) in [5.41, 5.74) is 3.08. The first-order chi connectivity index (χ1) is 11.1. The fraction of sp³-hybridized carbons (Fsp3) is 0.0588. The van der Waals surface area contributed by atoms with Gasteiger partial charge >= 0.3 is 0 Å². The quantitative estimate of drug-likeness (QED) is 0.702. The van der Waals surface area contributed by atoms with Crippen LogP contribution in [0.2, 0.25) is 5.02 Å². The number of furan rings is 1. The number of pyridine rings is 1. The SMILES string of the molecule is O=C(NCc1ccc(-c2ccoc2)nc1)c1cc(Br)ccc1Cl. The molecule has 23 heavy (non-hydrogen) atoms. The van der Waals surface area contributed by atoms with Gasteiger partial charge in [-0.1, -0.05) is 33.6 Å². The molecule has 1 amide bonds. The van der Waals surface area contributed by atoms with Crippen LogP contribution in [0.25, 0.3) is 11.3 Å². The summed E-state index contributed by atoms with van der Waals surface area (Å²) in [5.74, 6) is -0.227. The van der Waals surface area contributed by atoms with Crippen molar-refractivity contribution in [3.63, 3.8) is 0 Å². The van der Waals surface area contributed by atoms with Gasteiger partial charge in [-0.2, -0.15) is 0 Å². The van der Waals surface area contributed by atoms with E-state index in [1.165, 1.54) is 0 Å². The van der Waals surface area contributed by atoms with Gasteiger partial charge in [0.25, 0.3) is 5.91 Å². The highest BCUT2D eigenvalue weighted by molar-refractivity contribution is 9.10. The lowest BCUT2D eigenvalue weighted by molar-refractivity contribution is 0.0951. The fourth-order valence-corrected chi connectivity index (χ4v) is 2.62. The van der Waals surface area contributed by atoms with Crippen LogP contribution in [0.15, 0.2) is 64.0 Å². The first-order valence-electron chi connectivity index (χ1n) is 6.84. The largest absolute Gasteiger partial charge is 0.472 e. The van der Waals surface area contributed by atoms with Crippen LogP contribution in [0.4, 0.5) is 0 Å². The first kappa shape index (κ1) is 15.8. The number of amides is 1. The van der Waals surface area contributed by atoms with E-state index in [-0.39, 0.29) is 5.91 Å². The molecule has 2 aromatic heterocycles. The Morgan fingerprint density at radius 1 is 1.26 bits per heavy atom. The van der Waals surface area contributed by atoms with Gasteiger partial charge in [-0.25, -0.2) is 0 Å². The molecule has 1 aromatic carbocycles. The summed E-state index contributed by atoms with van der Waals surface area (Å²) >= 11 is 9.38. The van der Waals surface area contributed by atoms with Gasteiger partial charge in [0.15, 0.2) is 0 Å². The second kappa shape index (κ2) is 6.98. The lowest BCUT2D eigenvalue weighted by atomic mass is 10.2. The highest BCUT2D eigenvalue weighted by Crippen LogP contribution is 2.21. The number of halogens is 2. The minimum atomic E-state index is -0.227. The van der Waals surface area contributed by atoms with Gasteiger partial charge in [0.2, 0.25) is 0 Å². The number of rotatable bonds is 4. The highest BCUT2D eigenvalue weighted by Gasteiger charge is 2.10. The molecule has 0 saturated heterocycles. The molecule has 3 rings (SSSR count). The number of nitrogens with zero attached hydrogens (tertiary/aromatic N) is 1. The molecule has 0 fully saturated rings. The Bertz CT molecular complexity index is 817. The smallest absolute Gasteiger partial charge is 0.253 e. The minimum absolute atomic E-state index is 0.227. The van der Waals surface area contributed by atoms with E-state index in [2.05, 4.69) is 26.2 Å². The van der Waals surface area contributed by atoms with Crippen LogP contribution in [0, 0.1) is 0 Å². The van der Waals surface area contributed by atoms with Gasteiger partial charge in [0, 0.05) is 22.8 Å². The number of aromatic nitrogens is 1. The Labute approximate surface area is 146 Å². The second-order valence-corrected chi connectivity index (χ2v) is 6.19. The molecule has 2 heterocycles. The van der Waals surface area contributed by atoms with Crippen LogP contribution in [-0.4, -0.2) is 10.9 Å². The topological polar surface area (TPSA) is 55.1 Å². The lowest BCUT2D eigenvalue weighted by Gasteiger charge is -2.07. The first-order valence-corrected chi connectivity index (χ1v) is 8.01. The predicted octanol–water partition coefficient (Wildman–Crippen LogP) is 4.69. The molecule has 0 atom stereocenters. The van der Waals surface area contributed by atoms with Crippen molar-refractivity contribution in [2.45, 2.75) is 6.54 Å². The summed E-state index contributed by atoms with van der Waals surface area (Å²) in [5, 5.41) is 3.25. The number of nitrogens with one attached hydrogen (secondary N) is 1. The summed E-state index contributed by atoms with van der Waals surface area (Å²) in [6, 6.07) is 10.8. The highest BCUT2D eigenvalue weighted by atomic mass is 79.9. The fourth-order valence-electron chi connectivity index (χ4n) is 2.06. The van der Waals surface area contributed by atoms with Crippen molar-refractivity contribution in [1.29, 1.82) is 0 Å². The number of carbonyl (C=O) groups excluding carboxylic acids is 1. The van der Waals surface area contributed by atoms with E-state index < -0.39 is 0 Å². The average Bonchev–Trinajstić information content (AvgIpc) is 3.10.